The zero-order valence-corrected chi connectivity index (χ0v) is 14.9. The molecule has 0 fully saturated rings. The Hall–Kier alpha value is -4.06. The first-order valence-electron chi connectivity index (χ1n) is 8.75. The molecule has 0 spiro atoms. The summed E-state index contributed by atoms with van der Waals surface area (Å²) in [5.41, 5.74) is 9.22. The van der Waals surface area contributed by atoms with Gasteiger partial charge < -0.3 is 16.4 Å². The Balaban J connectivity index is 1.57. The summed E-state index contributed by atoms with van der Waals surface area (Å²) < 4.78 is 1.49. The van der Waals surface area contributed by atoms with Gasteiger partial charge in [-0.2, -0.15) is 0 Å². The Morgan fingerprint density at radius 2 is 1.36 bits per heavy atom. The third-order valence-corrected chi connectivity index (χ3v) is 4.40. The lowest BCUT2D eigenvalue weighted by Crippen LogP contribution is -2.20. The van der Waals surface area contributed by atoms with Crippen molar-refractivity contribution in [3.63, 3.8) is 0 Å². The van der Waals surface area contributed by atoms with Crippen LogP contribution in [0.2, 0.25) is 0 Å². The molecule has 0 saturated carbocycles. The number of aromatic nitrogens is 1. The van der Waals surface area contributed by atoms with Crippen LogP contribution in [0.5, 0.6) is 0 Å². The largest absolute Gasteiger partial charge is 0.351 e. The molecule has 6 nitrogen and oxygen atoms in total. The number of nitrogens with two attached hydrogens (primary N) is 1. The quantitative estimate of drug-likeness (QED) is 0.480. The predicted octanol–water partition coefficient (Wildman–Crippen LogP) is 4.88. The van der Waals surface area contributed by atoms with Crippen molar-refractivity contribution in [2.75, 3.05) is 10.6 Å². The van der Waals surface area contributed by atoms with E-state index in [1.54, 1.807) is 12.1 Å². The van der Waals surface area contributed by atoms with Crippen molar-refractivity contribution in [1.29, 1.82) is 0 Å². The van der Waals surface area contributed by atoms with Gasteiger partial charge in [-0.05, 0) is 42.0 Å². The van der Waals surface area contributed by atoms with E-state index in [1.807, 2.05) is 72.8 Å². The topological polar surface area (TPSA) is 89.2 Å². The monoisotopic (exact) mass is 370 g/mol. The average Bonchev–Trinajstić information content (AvgIpc) is 3.09. The molecule has 0 radical (unpaired) electrons. The number of nitrogens with one attached hydrogen (secondary N) is 2. The van der Waals surface area contributed by atoms with Crippen molar-refractivity contribution in [2.24, 2.45) is 5.73 Å². The number of nitrogens with zero attached hydrogens (tertiary/aromatic N) is 1. The minimum Gasteiger partial charge on any atom is -0.351 e. The normalized spacial score (nSPS) is 10.6. The zero-order chi connectivity index (χ0) is 19.5. The zero-order valence-electron chi connectivity index (χ0n) is 14.9. The molecule has 1 aromatic heterocycles. The van der Waals surface area contributed by atoms with E-state index < -0.39 is 6.03 Å². The minimum atomic E-state index is -0.541. The molecule has 6 heteroatoms. The van der Waals surface area contributed by atoms with Gasteiger partial charge in [0.2, 0.25) is 0 Å². The third-order valence-electron chi connectivity index (χ3n) is 4.40. The number of rotatable bonds is 3. The van der Waals surface area contributed by atoms with Gasteiger partial charge in [-0.1, -0.05) is 48.5 Å². The number of fused-ring (bicyclic) bond motifs is 1. The van der Waals surface area contributed by atoms with E-state index in [2.05, 4.69) is 10.6 Å². The van der Waals surface area contributed by atoms with E-state index in [1.165, 1.54) is 4.57 Å². The first-order chi connectivity index (χ1) is 13.6. The van der Waals surface area contributed by atoms with Crippen molar-refractivity contribution in [3.8, 4) is 11.3 Å². The predicted molar refractivity (Wildman–Crippen MR) is 111 cm³/mol. The molecule has 0 aliphatic carbocycles. The van der Waals surface area contributed by atoms with Crippen molar-refractivity contribution in [3.05, 3.63) is 84.9 Å². The summed E-state index contributed by atoms with van der Waals surface area (Å²) in [5.74, 6) is 0. The number of hydrogen-bond acceptors (Lipinski definition) is 2. The summed E-state index contributed by atoms with van der Waals surface area (Å²) in [6.45, 7) is 0. The first kappa shape index (κ1) is 17.4. The molecule has 4 N–H and O–H groups in total. The van der Waals surface area contributed by atoms with Crippen LogP contribution in [0.3, 0.4) is 0 Å². The summed E-state index contributed by atoms with van der Waals surface area (Å²) in [5, 5.41) is 6.48. The number of carbonyl (C=O) groups excluding carboxylic acids is 2. The molecule has 28 heavy (non-hydrogen) atoms. The third kappa shape index (κ3) is 3.43. The van der Waals surface area contributed by atoms with Gasteiger partial charge in [-0.3, -0.25) is 4.57 Å². The van der Waals surface area contributed by atoms with Crippen molar-refractivity contribution >= 4 is 34.3 Å². The molecule has 3 aromatic carbocycles. The number of hydrogen-bond donors (Lipinski definition) is 3. The van der Waals surface area contributed by atoms with Gasteiger partial charge in [0.15, 0.2) is 0 Å². The summed E-state index contributed by atoms with van der Waals surface area (Å²) in [7, 11) is 0. The van der Waals surface area contributed by atoms with Crippen LogP contribution in [0.25, 0.3) is 22.2 Å². The van der Waals surface area contributed by atoms with Crippen LogP contribution in [0.1, 0.15) is 0 Å². The average molecular weight is 370 g/mol. The van der Waals surface area contributed by atoms with Crippen molar-refractivity contribution < 1.29 is 9.59 Å². The lowest BCUT2D eigenvalue weighted by atomic mass is 10.1. The molecule has 0 unspecified atom stereocenters. The molecule has 0 aliphatic heterocycles. The highest BCUT2D eigenvalue weighted by Crippen LogP contribution is 2.28. The Morgan fingerprint density at radius 1 is 0.750 bits per heavy atom. The lowest BCUT2D eigenvalue weighted by Gasteiger charge is -2.09. The molecule has 0 atom stereocenters. The van der Waals surface area contributed by atoms with Crippen LogP contribution in [0.15, 0.2) is 84.9 Å². The molecule has 138 valence electrons. The van der Waals surface area contributed by atoms with Gasteiger partial charge in [0.25, 0.3) is 0 Å². The molecule has 0 saturated heterocycles. The number of carbonyl (C=O) groups is 2. The fourth-order valence-electron chi connectivity index (χ4n) is 3.14. The van der Waals surface area contributed by atoms with Gasteiger partial charge in [0, 0.05) is 16.8 Å². The smallest absolute Gasteiger partial charge is 0.323 e. The minimum absolute atomic E-state index is 0.329. The Morgan fingerprint density at radius 3 is 2.04 bits per heavy atom. The molecular weight excluding hydrogens is 352 g/mol. The molecule has 0 aliphatic rings. The van der Waals surface area contributed by atoms with Crippen LogP contribution >= 0.6 is 0 Å². The number of primary amides is 1. The maximum absolute atomic E-state index is 12.1. The van der Waals surface area contributed by atoms with Crippen LogP contribution in [0, 0.1) is 0 Å². The number of amides is 3. The Bertz CT molecular complexity index is 1150. The highest BCUT2D eigenvalue weighted by atomic mass is 16.2. The van der Waals surface area contributed by atoms with E-state index in [9.17, 15) is 9.59 Å². The van der Waals surface area contributed by atoms with E-state index in [0.717, 1.165) is 16.5 Å². The summed E-state index contributed by atoms with van der Waals surface area (Å²) in [6.07, 6.45) is 0. The van der Waals surface area contributed by atoms with Crippen molar-refractivity contribution in [2.45, 2.75) is 0 Å². The summed E-state index contributed by atoms with van der Waals surface area (Å²) >= 11 is 0. The maximum Gasteiger partial charge on any atom is 0.323 e. The SMILES string of the molecule is NC(=O)n1c(-c2ccc(NC(=O)Nc3ccccc3)cc2)cc2ccccc21. The number of para-hydroxylation sites is 2. The highest BCUT2D eigenvalue weighted by Gasteiger charge is 2.14. The molecule has 3 amide bonds. The first-order valence-corrected chi connectivity index (χ1v) is 8.75. The Labute approximate surface area is 161 Å². The molecule has 0 bridgehead atoms. The second-order valence-electron chi connectivity index (χ2n) is 6.28. The highest BCUT2D eigenvalue weighted by molar-refractivity contribution is 6.00. The van der Waals surface area contributed by atoms with Crippen LogP contribution in [-0.4, -0.2) is 16.6 Å². The lowest BCUT2D eigenvalue weighted by molar-refractivity contribution is 0.251. The van der Waals surface area contributed by atoms with Crippen LogP contribution in [0.4, 0.5) is 21.0 Å². The summed E-state index contributed by atoms with van der Waals surface area (Å²) in [6, 6.07) is 25.1. The van der Waals surface area contributed by atoms with Gasteiger partial charge >= 0.3 is 12.1 Å². The van der Waals surface area contributed by atoms with Gasteiger partial charge in [0.1, 0.15) is 0 Å². The second-order valence-corrected chi connectivity index (χ2v) is 6.28. The second kappa shape index (κ2) is 7.28. The van der Waals surface area contributed by atoms with E-state index in [4.69, 9.17) is 5.73 Å². The standard InChI is InChI=1S/C22H18N4O2/c23-21(27)26-19-9-5-4-6-16(19)14-20(26)15-10-12-18(13-11-15)25-22(28)24-17-7-2-1-3-8-17/h1-14H,(H2,23,27)(H2,24,25,28). The number of anilines is 2. The van der Waals surface area contributed by atoms with Crippen LogP contribution < -0.4 is 16.4 Å². The van der Waals surface area contributed by atoms with E-state index in [0.29, 0.717) is 17.1 Å². The molecular formula is C22H18N4O2. The van der Waals surface area contributed by atoms with Gasteiger partial charge in [-0.15, -0.1) is 0 Å². The fourth-order valence-corrected chi connectivity index (χ4v) is 3.14. The number of urea groups is 1. The van der Waals surface area contributed by atoms with Crippen LogP contribution in [-0.2, 0) is 0 Å². The van der Waals surface area contributed by atoms with Gasteiger partial charge in [0.05, 0.1) is 11.2 Å². The number of benzene rings is 3. The fraction of sp³-hybridized carbons (Fsp3) is 0. The van der Waals surface area contributed by atoms with E-state index in [-0.39, 0.29) is 6.03 Å². The van der Waals surface area contributed by atoms with E-state index >= 15 is 0 Å². The Kier molecular flexibility index (Phi) is 4.51. The van der Waals surface area contributed by atoms with Crippen molar-refractivity contribution in [1.82, 2.24) is 4.57 Å². The molecule has 4 aromatic rings. The summed E-state index contributed by atoms with van der Waals surface area (Å²) in [4.78, 5) is 24.1. The molecule has 1 heterocycles. The maximum atomic E-state index is 12.1. The van der Waals surface area contributed by atoms with Gasteiger partial charge in [-0.25, -0.2) is 9.59 Å². The molecule has 4 rings (SSSR count).